The van der Waals surface area contributed by atoms with Gasteiger partial charge in [0.25, 0.3) is 5.91 Å². The highest BCUT2D eigenvalue weighted by Crippen LogP contribution is 2.45. The number of aromatic nitrogens is 2. The molecule has 152 valence electrons. The molecule has 0 unspecified atom stereocenters. The normalized spacial score (nSPS) is 18.8. The van der Waals surface area contributed by atoms with E-state index in [1.807, 2.05) is 0 Å². The van der Waals surface area contributed by atoms with Crippen LogP contribution in [0.25, 0.3) is 0 Å². The van der Waals surface area contributed by atoms with Crippen LogP contribution in [0, 0.1) is 6.92 Å². The van der Waals surface area contributed by atoms with Crippen LogP contribution < -0.4 is 10.6 Å². The summed E-state index contributed by atoms with van der Waals surface area (Å²) in [5.41, 5.74) is 0.956. The molecule has 0 fully saturated rings. The Labute approximate surface area is 168 Å². The molecule has 1 aliphatic rings. The van der Waals surface area contributed by atoms with Gasteiger partial charge in [-0.3, -0.25) is 4.79 Å². The molecule has 1 aliphatic heterocycles. The smallest absolute Gasteiger partial charge is 0.410 e. The number of thiophene rings is 1. The van der Waals surface area contributed by atoms with Crippen molar-refractivity contribution in [3.63, 3.8) is 0 Å². The molecule has 0 saturated heterocycles. The maximum atomic E-state index is 13.7. The molecule has 10 heteroatoms. The number of hydrogen-bond acceptors (Lipinski definition) is 5. The van der Waals surface area contributed by atoms with Crippen molar-refractivity contribution in [2.45, 2.75) is 31.6 Å². The molecule has 1 amide bonds. The van der Waals surface area contributed by atoms with Crippen LogP contribution in [0.2, 0.25) is 0 Å². The van der Waals surface area contributed by atoms with Crippen molar-refractivity contribution in [1.82, 2.24) is 9.78 Å². The third kappa shape index (κ3) is 3.67. The van der Waals surface area contributed by atoms with Gasteiger partial charge in [-0.1, -0.05) is 12.1 Å². The van der Waals surface area contributed by atoms with Gasteiger partial charge in [0.15, 0.2) is 6.04 Å². The zero-order valence-electron chi connectivity index (χ0n) is 15.2. The molecule has 0 aliphatic carbocycles. The van der Waals surface area contributed by atoms with Gasteiger partial charge in [-0.15, -0.1) is 11.3 Å². The Balaban J connectivity index is 1.70. The number of phenols is 1. The molecule has 4 rings (SSSR count). The summed E-state index contributed by atoms with van der Waals surface area (Å²) in [5, 5.41) is 21.1. The molecule has 0 spiro atoms. The highest BCUT2D eigenvalue weighted by molar-refractivity contribution is 7.10. The number of aromatic hydroxyl groups is 1. The summed E-state index contributed by atoms with van der Waals surface area (Å²) in [6.45, 7) is 1.79. The largest absolute Gasteiger partial charge is 0.506 e. The Morgan fingerprint density at radius 1 is 1.38 bits per heavy atom. The van der Waals surface area contributed by atoms with Crippen LogP contribution in [0.5, 0.6) is 5.75 Å². The number of alkyl halides is 3. The monoisotopic (exact) mass is 422 g/mol. The lowest BCUT2D eigenvalue weighted by molar-refractivity contribution is -0.173. The summed E-state index contributed by atoms with van der Waals surface area (Å²) >= 11 is 1.35. The van der Waals surface area contributed by atoms with Crippen LogP contribution in [0.3, 0.4) is 0 Å². The minimum atomic E-state index is -4.51. The van der Waals surface area contributed by atoms with Gasteiger partial charge in [0.2, 0.25) is 0 Å². The minimum absolute atomic E-state index is 0.00150. The zero-order chi connectivity index (χ0) is 20.8. The first-order valence-electron chi connectivity index (χ1n) is 8.79. The van der Waals surface area contributed by atoms with E-state index >= 15 is 0 Å². The first kappa shape index (κ1) is 19.3. The van der Waals surface area contributed by atoms with E-state index in [0.29, 0.717) is 0 Å². The molecule has 29 heavy (non-hydrogen) atoms. The number of carbonyl (C=O) groups is 1. The predicted molar refractivity (Wildman–Crippen MR) is 103 cm³/mol. The number of halogens is 3. The van der Waals surface area contributed by atoms with Crippen molar-refractivity contribution in [3.05, 3.63) is 57.9 Å². The molecule has 3 N–H and O–H groups in total. The molecule has 3 aromatic rings. The number of amides is 1. The third-order valence-electron chi connectivity index (χ3n) is 4.77. The average molecular weight is 422 g/mol. The van der Waals surface area contributed by atoms with E-state index in [4.69, 9.17) is 0 Å². The number of anilines is 2. The van der Waals surface area contributed by atoms with Crippen LogP contribution in [-0.2, 0) is 0 Å². The third-order valence-corrected chi connectivity index (χ3v) is 5.76. The summed E-state index contributed by atoms with van der Waals surface area (Å²) in [6, 6.07) is 5.77. The van der Waals surface area contributed by atoms with Crippen LogP contribution in [0.4, 0.5) is 24.7 Å². The van der Waals surface area contributed by atoms with Crippen LogP contribution in [0.1, 0.15) is 39.3 Å². The maximum absolute atomic E-state index is 13.7. The van der Waals surface area contributed by atoms with E-state index in [1.54, 1.807) is 36.6 Å². The fourth-order valence-corrected chi connectivity index (χ4v) is 4.14. The van der Waals surface area contributed by atoms with Gasteiger partial charge in [-0.2, -0.15) is 18.3 Å². The minimum Gasteiger partial charge on any atom is -0.506 e. The van der Waals surface area contributed by atoms with Crippen molar-refractivity contribution in [3.8, 4) is 5.75 Å². The van der Waals surface area contributed by atoms with Crippen molar-refractivity contribution in [2.24, 2.45) is 0 Å². The summed E-state index contributed by atoms with van der Waals surface area (Å²) < 4.78 is 41.8. The Kier molecular flexibility index (Phi) is 4.73. The van der Waals surface area contributed by atoms with Crippen LogP contribution in [0.15, 0.2) is 41.9 Å². The molecule has 0 radical (unpaired) electrons. The number of fused-ring (bicyclic) bond motifs is 1. The predicted octanol–water partition coefficient (Wildman–Crippen LogP) is 4.87. The Hall–Kier alpha value is -3.01. The van der Waals surface area contributed by atoms with E-state index in [0.717, 1.165) is 21.3 Å². The lowest BCUT2D eigenvalue weighted by atomic mass is 10.0. The SMILES string of the molecule is Cc1ccc(O)c(NC(=O)c2cnn3c2N[C@H](c2cccs2)C[C@@H]3C(F)(F)F)c1. The summed E-state index contributed by atoms with van der Waals surface area (Å²) in [5.74, 6) is -0.795. The number of nitrogens with zero attached hydrogens (tertiary/aromatic N) is 2. The quantitative estimate of drug-likeness (QED) is 0.526. The number of benzene rings is 1. The molecule has 0 bridgehead atoms. The average Bonchev–Trinajstić information content (AvgIpc) is 3.32. The van der Waals surface area contributed by atoms with E-state index in [2.05, 4.69) is 15.7 Å². The fraction of sp³-hybridized carbons (Fsp3) is 0.263. The van der Waals surface area contributed by atoms with Crippen LogP contribution in [-0.4, -0.2) is 27.0 Å². The Morgan fingerprint density at radius 3 is 2.86 bits per heavy atom. The van der Waals surface area contributed by atoms with E-state index in [1.165, 1.54) is 17.4 Å². The molecular weight excluding hydrogens is 405 g/mol. The second kappa shape index (κ2) is 7.11. The molecule has 2 aromatic heterocycles. The lowest BCUT2D eigenvalue weighted by Gasteiger charge is -2.33. The summed E-state index contributed by atoms with van der Waals surface area (Å²) in [6.07, 6.45) is -3.63. The summed E-state index contributed by atoms with van der Waals surface area (Å²) in [7, 11) is 0. The number of phenolic OH excluding ortho intramolecular Hbond substituents is 1. The molecule has 2 atom stereocenters. The first-order valence-corrected chi connectivity index (χ1v) is 9.67. The van der Waals surface area contributed by atoms with Crippen molar-refractivity contribution in [2.75, 3.05) is 10.6 Å². The molecule has 0 saturated carbocycles. The lowest BCUT2D eigenvalue weighted by Crippen LogP contribution is -2.36. The fourth-order valence-electron chi connectivity index (χ4n) is 3.34. The van der Waals surface area contributed by atoms with Gasteiger partial charge in [-0.05, 0) is 36.1 Å². The summed E-state index contributed by atoms with van der Waals surface area (Å²) in [4.78, 5) is 13.5. The maximum Gasteiger partial charge on any atom is 0.410 e. The molecule has 3 heterocycles. The molecule has 1 aromatic carbocycles. The zero-order valence-corrected chi connectivity index (χ0v) is 16.0. The topological polar surface area (TPSA) is 79.2 Å². The Bertz CT molecular complexity index is 1050. The van der Waals surface area contributed by atoms with Gasteiger partial charge in [0.1, 0.15) is 17.1 Å². The van der Waals surface area contributed by atoms with Gasteiger partial charge in [-0.25, -0.2) is 4.68 Å². The standard InChI is InChI=1S/C19H17F3N4O2S/c1-10-4-5-14(27)12(7-10)25-18(28)11-9-23-26-16(19(20,21)22)8-13(24-17(11)26)15-3-2-6-29-15/h2-7,9,13,16,24,27H,8H2,1H3,(H,25,28)/t13-,16+/m0/s1. The first-order chi connectivity index (χ1) is 13.7. The van der Waals surface area contributed by atoms with E-state index < -0.39 is 24.2 Å². The van der Waals surface area contributed by atoms with E-state index in [9.17, 15) is 23.1 Å². The van der Waals surface area contributed by atoms with Crippen molar-refractivity contribution >= 4 is 28.7 Å². The van der Waals surface area contributed by atoms with Gasteiger partial charge >= 0.3 is 6.18 Å². The van der Waals surface area contributed by atoms with Gasteiger partial charge < -0.3 is 15.7 Å². The highest BCUT2D eigenvalue weighted by Gasteiger charge is 2.47. The molecule has 6 nitrogen and oxygen atoms in total. The second-order valence-electron chi connectivity index (χ2n) is 6.83. The highest BCUT2D eigenvalue weighted by atomic mass is 32.1. The van der Waals surface area contributed by atoms with Crippen molar-refractivity contribution < 1.29 is 23.1 Å². The molecular formula is C19H17F3N4O2S. The number of hydrogen-bond donors (Lipinski definition) is 3. The second-order valence-corrected chi connectivity index (χ2v) is 7.81. The number of rotatable bonds is 3. The number of nitrogens with one attached hydrogen (secondary N) is 2. The van der Waals surface area contributed by atoms with Gasteiger partial charge in [0, 0.05) is 11.3 Å². The number of carbonyl (C=O) groups excluding carboxylic acids is 1. The van der Waals surface area contributed by atoms with E-state index in [-0.39, 0.29) is 29.2 Å². The Morgan fingerprint density at radius 2 is 2.17 bits per heavy atom. The number of aryl methyl sites for hydroxylation is 1. The van der Waals surface area contributed by atoms with Gasteiger partial charge in [0.05, 0.1) is 17.9 Å². The van der Waals surface area contributed by atoms with Crippen molar-refractivity contribution in [1.29, 1.82) is 0 Å². The van der Waals surface area contributed by atoms with Crippen LogP contribution >= 0.6 is 11.3 Å².